The Morgan fingerprint density at radius 1 is 1.60 bits per heavy atom. The zero-order valence-corrected chi connectivity index (χ0v) is 5.90. The summed E-state index contributed by atoms with van der Waals surface area (Å²) in [6.07, 6.45) is -0.560. The van der Waals surface area contributed by atoms with Gasteiger partial charge in [0.15, 0.2) is 0 Å². The topological polar surface area (TPSA) is 63.6 Å². The molecule has 2 unspecified atom stereocenters. The maximum atomic E-state index is 10.2. The van der Waals surface area contributed by atoms with Gasteiger partial charge in [-0.2, -0.15) is 0 Å². The van der Waals surface area contributed by atoms with Gasteiger partial charge in [-0.3, -0.25) is 9.59 Å². The van der Waals surface area contributed by atoms with E-state index in [2.05, 4.69) is 4.74 Å². The van der Waals surface area contributed by atoms with Gasteiger partial charge in [-0.1, -0.05) is 0 Å². The minimum Gasteiger partial charge on any atom is -0.481 e. The number of carbonyl (C=O) groups is 2. The summed E-state index contributed by atoms with van der Waals surface area (Å²) >= 11 is 0. The molecule has 0 aliphatic rings. The van der Waals surface area contributed by atoms with Crippen molar-refractivity contribution in [1.29, 1.82) is 0 Å². The normalized spacial score (nSPS) is 15.4. The predicted octanol–water partition coefficient (Wildman–Crippen LogP) is 0.269. The van der Waals surface area contributed by atoms with E-state index in [9.17, 15) is 9.59 Å². The minimum absolute atomic E-state index is 0.254. The standard InChI is InChI=1S/C6H10O4/c1-4(6(8)9)5(2)10-3-7/h3-5H,1-2H3,(H,8,9). The number of aliphatic carboxylic acids is 1. The molecule has 0 aromatic heterocycles. The van der Waals surface area contributed by atoms with Gasteiger partial charge in [-0.25, -0.2) is 0 Å². The molecule has 0 aliphatic heterocycles. The third-order valence-corrected chi connectivity index (χ3v) is 1.36. The van der Waals surface area contributed by atoms with E-state index in [0.29, 0.717) is 0 Å². The first-order valence-corrected chi connectivity index (χ1v) is 2.91. The molecule has 1 N–H and O–H groups in total. The number of carbonyl (C=O) groups excluding carboxylic acids is 1. The van der Waals surface area contributed by atoms with Crippen LogP contribution in [0.15, 0.2) is 0 Å². The van der Waals surface area contributed by atoms with E-state index in [-0.39, 0.29) is 6.47 Å². The molecule has 0 bridgehead atoms. The number of ether oxygens (including phenoxy) is 1. The molecule has 0 saturated carbocycles. The molecule has 0 saturated heterocycles. The van der Waals surface area contributed by atoms with Crippen LogP contribution in [0.3, 0.4) is 0 Å². The Morgan fingerprint density at radius 3 is 2.40 bits per heavy atom. The van der Waals surface area contributed by atoms with Crippen molar-refractivity contribution in [3.8, 4) is 0 Å². The zero-order valence-electron chi connectivity index (χ0n) is 5.90. The average Bonchev–Trinajstić information content (AvgIpc) is 1.87. The van der Waals surface area contributed by atoms with Gasteiger partial charge in [0, 0.05) is 0 Å². The van der Waals surface area contributed by atoms with Gasteiger partial charge in [0.1, 0.15) is 6.10 Å². The van der Waals surface area contributed by atoms with E-state index in [0.717, 1.165) is 0 Å². The lowest BCUT2D eigenvalue weighted by molar-refractivity contribution is -0.149. The molecule has 58 valence electrons. The van der Waals surface area contributed by atoms with Crippen molar-refractivity contribution in [2.24, 2.45) is 5.92 Å². The predicted molar refractivity (Wildman–Crippen MR) is 33.4 cm³/mol. The van der Waals surface area contributed by atoms with Crippen LogP contribution in [0.1, 0.15) is 13.8 Å². The second-order valence-electron chi connectivity index (χ2n) is 2.06. The van der Waals surface area contributed by atoms with Crippen molar-refractivity contribution in [2.45, 2.75) is 20.0 Å². The van der Waals surface area contributed by atoms with Crippen LogP contribution in [0.5, 0.6) is 0 Å². The first-order chi connectivity index (χ1) is 4.59. The van der Waals surface area contributed by atoms with Crippen molar-refractivity contribution in [1.82, 2.24) is 0 Å². The summed E-state index contributed by atoms with van der Waals surface area (Å²) in [6.45, 7) is 3.27. The van der Waals surface area contributed by atoms with Crippen molar-refractivity contribution in [3.05, 3.63) is 0 Å². The Balaban J connectivity index is 3.80. The first kappa shape index (κ1) is 8.94. The number of carboxylic acid groups (broad SMARTS) is 1. The van der Waals surface area contributed by atoms with Gasteiger partial charge in [0.2, 0.25) is 0 Å². The summed E-state index contributed by atoms with van der Waals surface area (Å²) < 4.78 is 4.40. The largest absolute Gasteiger partial charge is 0.481 e. The average molecular weight is 146 g/mol. The van der Waals surface area contributed by atoms with Crippen molar-refractivity contribution in [3.63, 3.8) is 0 Å². The van der Waals surface area contributed by atoms with Gasteiger partial charge in [0.05, 0.1) is 5.92 Å². The lowest BCUT2D eigenvalue weighted by Gasteiger charge is -2.12. The van der Waals surface area contributed by atoms with Gasteiger partial charge < -0.3 is 9.84 Å². The third-order valence-electron chi connectivity index (χ3n) is 1.36. The highest BCUT2D eigenvalue weighted by molar-refractivity contribution is 5.70. The summed E-state index contributed by atoms with van der Waals surface area (Å²) in [4.78, 5) is 19.9. The van der Waals surface area contributed by atoms with E-state index in [4.69, 9.17) is 5.11 Å². The van der Waals surface area contributed by atoms with Crippen LogP contribution in [-0.2, 0) is 14.3 Å². The third kappa shape index (κ3) is 2.48. The maximum Gasteiger partial charge on any atom is 0.309 e. The molecule has 0 spiro atoms. The van der Waals surface area contributed by atoms with Crippen LogP contribution in [0.4, 0.5) is 0 Å². The monoisotopic (exact) mass is 146 g/mol. The minimum atomic E-state index is -0.964. The highest BCUT2D eigenvalue weighted by Gasteiger charge is 2.19. The molecule has 2 atom stereocenters. The van der Waals surface area contributed by atoms with Gasteiger partial charge in [0.25, 0.3) is 6.47 Å². The lowest BCUT2D eigenvalue weighted by Crippen LogP contribution is -2.24. The van der Waals surface area contributed by atoms with Gasteiger partial charge in [-0.15, -0.1) is 0 Å². The summed E-state index contributed by atoms with van der Waals surface area (Å²) in [5.41, 5.74) is 0. The van der Waals surface area contributed by atoms with Crippen LogP contribution in [0, 0.1) is 5.92 Å². The Kier molecular flexibility index (Phi) is 3.46. The van der Waals surface area contributed by atoms with Crippen LogP contribution in [-0.4, -0.2) is 23.7 Å². The van der Waals surface area contributed by atoms with Crippen LogP contribution in [0.2, 0.25) is 0 Å². The number of carboxylic acids is 1. The number of rotatable bonds is 4. The molecule has 0 aromatic carbocycles. The van der Waals surface area contributed by atoms with E-state index in [1.807, 2.05) is 0 Å². The molecule has 0 amide bonds. The van der Waals surface area contributed by atoms with Crippen LogP contribution >= 0.6 is 0 Å². The molecule has 0 fully saturated rings. The molecule has 0 aromatic rings. The molecule has 10 heavy (non-hydrogen) atoms. The summed E-state index contributed by atoms with van der Waals surface area (Å²) in [5, 5.41) is 8.38. The molecule has 0 rings (SSSR count). The second kappa shape index (κ2) is 3.87. The van der Waals surface area contributed by atoms with Crippen molar-refractivity contribution < 1.29 is 19.4 Å². The Labute approximate surface area is 58.8 Å². The molecule has 4 nitrogen and oxygen atoms in total. The Hall–Kier alpha value is -1.06. The molecule has 0 heterocycles. The molecular weight excluding hydrogens is 136 g/mol. The molecule has 0 radical (unpaired) electrons. The van der Waals surface area contributed by atoms with E-state index >= 15 is 0 Å². The smallest absolute Gasteiger partial charge is 0.309 e. The Bertz CT molecular complexity index is 132. The molecular formula is C6H10O4. The summed E-state index contributed by atoms with van der Waals surface area (Å²) in [7, 11) is 0. The summed E-state index contributed by atoms with van der Waals surface area (Å²) in [6, 6.07) is 0. The van der Waals surface area contributed by atoms with Crippen molar-refractivity contribution >= 4 is 12.4 Å². The molecule has 4 heteroatoms. The highest BCUT2D eigenvalue weighted by Crippen LogP contribution is 2.04. The van der Waals surface area contributed by atoms with Crippen LogP contribution in [0.25, 0.3) is 0 Å². The van der Waals surface area contributed by atoms with Gasteiger partial charge in [-0.05, 0) is 13.8 Å². The van der Waals surface area contributed by atoms with Gasteiger partial charge >= 0.3 is 5.97 Å². The lowest BCUT2D eigenvalue weighted by atomic mass is 10.1. The van der Waals surface area contributed by atoms with E-state index in [1.54, 1.807) is 0 Å². The first-order valence-electron chi connectivity index (χ1n) is 2.91. The highest BCUT2D eigenvalue weighted by atomic mass is 16.5. The fourth-order valence-corrected chi connectivity index (χ4v) is 0.406. The maximum absolute atomic E-state index is 10.2. The fraction of sp³-hybridized carbons (Fsp3) is 0.667. The van der Waals surface area contributed by atoms with E-state index in [1.165, 1.54) is 13.8 Å². The van der Waals surface area contributed by atoms with E-state index < -0.39 is 18.0 Å². The van der Waals surface area contributed by atoms with Crippen LogP contribution < -0.4 is 0 Å². The number of hydrogen-bond acceptors (Lipinski definition) is 3. The molecule has 0 aliphatic carbocycles. The van der Waals surface area contributed by atoms with Crippen molar-refractivity contribution in [2.75, 3.05) is 0 Å². The summed E-state index contributed by atoms with van der Waals surface area (Å²) in [5.74, 6) is -1.61. The quantitative estimate of drug-likeness (QED) is 0.578. The zero-order chi connectivity index (χ0) is 8.15. The SMILES string of the molecule is CC(OC=O)C(C)C(=O)O. The number of hydrogen-bond donors (Lipinski definition) is 1. The second-order valence-corrected chi connectivity index (χ2v) is 2.06. The fourth-order valence-electron chi connectivity index (χ4n) is 0.406. The Morgan fingerprint density at radius 2 is 2.10 bits per heavy atom.